The van der Waals surface area contributed by atoms with Crippen LogP contribution in [-0.4, -0.2) is 55.3 Å². The van der Waals surface area contributed by atoms with E-state index in [1.165, 1.54) is 11.9 Å². The van der Waals surface area contributed by atoms with Gasteiger partial charge in [-0.3, -0.25) is 9.59 Å². The Labute approximate surface area is 172 Å². The Bertz CT molecular complexity index is 917. The fraction of sp³-hybridized carbons (Fsp3) is 0.333. The van der Waals surface area contributed by atoms with Gasteiger partial charge in [-0.25, -0.2) is 8.42 Å². The van der Waals surface area contributed by atoms with Crippen molar-refractivity contribution in [2.45, 2.75) is 26.1 Å². The quantitative estimate of drug-likeness (QED) is 0.672. The monoisotopic (exact) mass is 417 g/mol. The SMILES string of the molecule is CC(C(=O)NCc1ccccc1)N(Cc1ccccc1)C(=O)CN(C)S(C)(=O)=O. The molecule has 0 spiro atoms. The van der Waals surface area contributed by atoms with E-state index in [9.17, 15) is 18.0 Å². The third kappa shape index (κ3) is 6.99. The van der Waals surface area contributed by atoms with Crippen LogP contribution in [0.1, 0.15) is 18.1 Å². The summed E-state index contributed by atoms with van der Waals surface area (Å²) in [5, 5.41) is 2.84. The number of hydrogen-bond donors (Lipinski definition) is 1. The summed E-state index contributed by atoms with van der Waals surface area (Å²) in [6, 6.07) is 18.0. The van der Waals surface area contributed by atoms with Crippen LogP contribution in [0.3, 0.4) is 0 Å². The number of carbonyl (C=O) groups excluding carboxylic acids is 2. The number of amides is 2. The summed E-state index contributed by atoms with van der Waals surface area (Å²) < 4.78 is 24.3. The molecule has 29 heavy (non-hydrogen) atoms. The predicted molar refractivity (Wildman–Crippen MR) is 112 cm³/mol. The summed E-state index contributed by atoms with van der Waals surface area (Å²) in [6.07, 6.45) is 1.04. The number of nitrogens with zero attached hydrogens (tertiary/aromatic N) is 2. The fourth-order valence-corrected chi connectivity index (χ4v) is 3.04. The molecule has 2 rings (SSSR count). The van der Waals surface area contributed by atoms with Gasteiger partial charge in [-0.05, 0) is 18.1 Å². The minimum Gasteiger partial charge on any atom is -0.350 e. The van der Waals surface area contributed by atoms with E-state index >= 15 is 0 Å². The molecule has 2 amide bonds. The molecule has 8 heteroatoms. The Balaban J connectivity index is 2.13. The molecule has 0 aromatic heterocycles. The topological polar surface area (TPSA) is 86.8 Å². The third-order valence-electron chi connectivity index (χ3n) is 4.60. The minimum absolute atomic E-state index is 0.206. The molecule has 0 bridgehead atoms. The first-order valence-corrected chi connectivity index (χ1v) is 11.1. The largest absolute Gasteiger partial charge is 0.350 e. The Hall–Kier alpha value is -2.71. The molecule has 0 aliphatic heterocycles. The van der Waals surface area contributed by atoms with Gasteiger partial charge in [-0.2, -0.15) is 4.31 Å². The van der Waals surface area contributed by atoms with Gasteiger partial charge in [0.05, 0.1) is 12.8 Å². The van der Waals surface area contributed by atoms with E-state index in [0.29, 0.717) is 6.54 Å². The molecule has 0 saturated heterocycles. The van der Waals surface area contributed by atoms with Crippen LogP contribution in [0.2, 0.25) is 0 Å². The average Bonchev–Trinajstić information content (AvgIpc) is 2.70. The van der Waals surface area contributed by atoms with Gasteiger partial charge in [0, 0.05) is 20.1 Å². The summed E-state index contributed by atoms with van der Waals surface area (Å²) in [7, 11) is -2.17. The van der Waals surface area contributed by atoms with Crippen LogP contribution in [0.4, 0.5) is 0 Å². The second kappa shape index (κ2) is 10.2. The highest BCUT2D eigenvalue weighted by Crippen LogP contribution is 2.11. The van der Waals surface area contributed by atoms with Crippen molar-refractivity contribution in [1.82, 2.24) is 14.5 Å². The number of likely N-dealkylation sites (N-methyl/N-ethyl adjacent to an activating group) is 1. The maximum atomic E-state index is 12.9. The van der Waals surface area contributed by atoms with E-state index in [4.69, 9.17) is 0 Å². The van der Waals surface area contributed by atoms with Crippen LogP contribution in [-0.2, 0) is 32.7 Å². The van der Waals surface area contributed by atoms with E-state index in [0.717, 1.165) is 21.7 Å². The molecule has 2 aromatic carbocycles. The Morgan fingerprint density at radius 2 is 1.48 bits per heavy atom. The average molecular weight is 418 g/mol. The maximum absolute atomic E-state index is 12.9. The van der Waals surface area contributed by atoms with Crippen molar-refractivity contribution in [3.8, 4) is 0 Å². The van der Waals surface area contributed by atoms with Crippen molar-refractivity contribution >= 4 is 21.8 Å². The van der Waals surface area contributed by atoms with E-state index in [1.807, 2.05) is 60.7 Å². The molecule has 0 fully saturated rings. The van der Waals surface area contributed by atoms with Gasteiger partial charge in [-0.1, -0.05) is 60.7 Å². The normalized spacial score (nSPS) is 12.4. The zero-order chi connectivity index (χ0) is 21.4. The van der Waals surface area contributed by atoms with Crippen molar-refractivity contribution in [1.29, 1.82) is 0 Å². The smallest absolute Gasteiger partial charge is 0.242 e. The number of benzene rings is 2. The van der Waals surface area contributed by atoms with E-state index in [2.05, 4.69) is 5.32 Å². The van der Waals surface area contributed by atoms with E-state index < -0.39 is 22.0 Å². The second-order valence-electron chi connectivity index (χ2n) is 6.91. The van der Waals surface area contributed by atoms with Crippen molar-refractivity contribution < 1.29 is 18.0 Å². The van der Waals surface area contributed by atoms with E-state index in [1.54, 1.807) is 6.92 Å². The van der Waals surface area contributed by atoms with Crippen molar-refractivity contribution in [2.75, 3.05) is 19.8 Å². The van der Waals surface area contributed by atoms with Crippen LogP contribution >= 0.6 is 0 Å². The molecular weight excluding hydrogens is 390 g/mol. The van der Waals surface area contributed by atoms with Gasteiger partial charge in [0.15, 0.2) is 0 Å². The fourth-order valence-electron chi connectivity index (χ4n) is 2.69. The number of carbonyl (C=O) groups is 2. The molecule has 0 aliphatic rings. The molecule has 1 N–H and O–H groups in total. The Morgan fingerprint density at radius 3 is 2.00 bits per heavy atom. The first-order valence-electron chi connectivity index (χ1n) is 9.25. The molecule has 2 aromatic rings. The molecule has 1 unspecified atom stereocenters. The Morgan fingerprint density at radius 1 is 0.966 bits per heavy atom. The van der Waals surface area contributed by atoms with Gasteiger partial charge in [-0.15, -0.1) is 0 Å². The van der Waals surface area contributed by atoms with Crippen molar-refractivity contribution in [2.24, 2.45) is 0 Å². The van der Waals surface area contributed by atoms with Crippen LogP contribution in [0.15, 0.2) is 60.7 Å². The van der Waals surface area contributed by atoms with Gasteiger partial charge in [0.1, 0.15) is 6.04 Å². The lowest BCUT2D eigenvalue weighted by atomic mass is 10.1. The summed E-state index contributed by atoms with van der Waals surface area (Å²) in [5.41, 5.74) is 1.80. The summed E-state index contributed by atoms with van der Waals surface area (Å²) in [6.45, 7) is 1.86. The van der Waals surface area contributed by atoms with Gasteiger partial charge in [0.25, 0.3) is 0 Å². The zero-order valence-electron chi connectivity index (χ0n) is 16.9. The summed E-state index contributed by atoms with van der Waals surface area (Å²) >= 11 is 0. The highest BCUT2D eigenvalue weighted by molar-refractivity contribution is 7.88. The van der Waals surface area contributed by atoms with Crippen LogP contribution < -0.4 is 5.32 Å². The van der Waals surface area contributed by atoms with Crippen LogP contribution in [0.25, 0.3) is 0 Å². The van der Waals surface area contributed by atoms with Crippen LogP contribution in [0, 0.1) is 0 Å². The predicted octanol–water partition coefficient (Wildman–Crippen LogP) is 1.61. The maximum Gasteiger partial charge on any atom is 0.242 e. The number of nitrogens with one attached hydrogen (secondary N) is 1. The third-order valence-corrected chi connectivity index (χ3v) is 5.86. The standard InChI is InChI=1S/C21H27N3O4S/c1-17(21(26)22-14-18-10-6-4-7-11-18)24(15-19-12-8-5-9-13-19)20(25)16-23(2)29(3,27)28/h4-13,17H,14-16H2,1-3H3,(H,22,26). The molecule has 156 valence electrons. The molecular formula is C21H27N3O4S. The van der Waals surface area contributed by atoms with Crippen molar-refractivity contribution in [3.05, 3.63) is 71.8 Å². The first kappa shape index (κ1) is 22.6. The van der Waals surface area contributed by atoms with Crippen LogP contribution in [0.5, 0.6) is 0 Å². The van der Waals surface area contributed by atoms with Crippen molar-refractivity contribution in [3.63, 3.8) is 0 Å². The highest BCUT2D eigenvalue weighted by atomic mass is 32.2. The molecule has 7 nitrogen and oxygen atoms in total. The van der Waals surface area contributed by atoms with E-state index in [-0.39, 0.29) is 19.0 Å². The van der Waals surface area contributed by atoms with Gasteiger partial charge >= 0.3 is 0 Å². The Kier molecular flexibility index (Phi) is 7.92. The van der Waals surface area contributed by atoms with Gasteiger partial charge < -0.3 is 10.2 Å². The molecule has 0 saturated carbocycles. The number of sulfonamides is 1. The summed E-state index contributed by atoms with van der Waals surface area (Å²) in [4.78, 5) is 27.0. The minimum atomic E-state index is -3.51. The number of hydrogen-bond acceptors (Lipinski definition) is 4. The summed E-state index contributed by atoms with van der Waals surface area (Å²) in [5.74, 6) is -0.746. The molecule has 0 heterocycles. The lowest BCUT2D eigenvalue weighted by Crippen LogP contribution is -2.50. The molecule has 0 aliphatic carbocycles. The second-order valence-corrected chi connectivity index (χ2v) is 9.00. The first-order chi connectivity index (χ1) is 13.7. The number of rotatable bonds is 9. The lowest BCUT2D eigenvalue weighted by molar-refractivity contribution is -0.140. The molecule has 1 atom stereocenters. The zero-order valence-corrected chi connectivity index (χ0v) is 17.7. The van der Waals surface area contributed by atoms with Gasteiger partial charge in [0.2, 0.25) is 21.8 Å². The lowest BCUT2D eigenvalue weighted by Gasteiger charge is -2.30. The molecule has 0 radical (unpaired) electrons. The highest BCUT2D eigenvalue weighted by Gasteiger charge is 2.28.